The van der Waals surface area contributed by atoms with Crippen LogP contribution in [0.3, 0.4) is 0 Å². The molecular weight excluding hydrogens is 471 g/mol. The van der Waals surface area contributed by atoms with E-state index in [1.54, 1.807) is 11.3 Å². The molecular formula is C20H37IN4OS. The fourth-order valence-corrected chi connectivity index (χ4v) is 4.38. The van der Waals surface area contributed by atoms with Gasteiger partial charge >= 0.3 is 0 Å². The molecule has 0 radical (unpaired) electrons. The third kappa shape index (κ3) is 7.85. The van der Waals surface area contributed by atoms with Crippen molar-refractivity contribution in [2.75, 3.05) is 26.8 Å². The van der Waals surface area contributed by atoms with Crippen LogP contribution >= 0.6 is 35.3 Å². The van der Waals surface area contributed by atoms with Gasteiger partial charge in [0.05, 0.1) is 17.2 Å². The Morgan fingerprint density at radius 3 is 2.56 bits per heavy atom. The lowest BCUT2D eigenvalue weighted by Gasteiger charge is -2.30. The van der Waals surface area contributed by atoms with E-state index < -0.39 is 0 Å². The number of hydrogen-bond donors (Lipinski definition) is 2. The van der Waals surface area contributed by atoms with Crippen molar-refractivity contribution in [2.45, 2.75) is 71.8 Å². The van der Waals surface area contributed by atoms with Crippen molar-refractivity contribution in [2.24, 2.45) is 10.4 Å². The van der Waals surface area contributed by atoms with Crippen molar-refractivity contribution < 1.29 is 4.74 Å². The first-order valence-electron chi connectivity index (χ1n) is 9.86. The van der Waals surface area contributed by atoms with E-state index in [0.717, 1.165) is 37.8 Å². The predicted molar refractivity (Wildman–Crippen MR) is 126 cm³/mol. The van der Waals surface area contributed by atoms with Crippen LogP contribution in [-0.2, 0) is 16.7 Å². The molecule has 1 saturated carbocycles. The highest BCUT2D eigenvalue weighted by atomic mass is 127. The molecule has 156 valence electrons. The van der Waals surface area contributed by atoms with Crippen molar-refractivity contribution in [1.29, 1.82) is 0 Å². The zero-order valence-corrected chi connectivity index (χ0v) is 20.7. The summed E-state index contributed by atoms with van der Waals surface area (Å²) in [6.45, 7) is 12.0. The van der Waals surface area contributed by atoms with Gasteiger partial charge in [-0.15, -0.1) is 35.3 Å². The smallest absolute Gasteiger partial charge is 0.191 e. The number of aromatic nitrogens is 1. The van der Waals surface area contributed by atoms with Crippen molar-refractivity contribution in [1.82, 2.24) is 15.6 Å². The van der Waals surface area contributed by atoms with E-state index in [1.165, 1.54) is 30.7 Å². The number of aliphatic imine (C=N–C) groups is 1. The molecule has 2 rings (SSSR count). The zero-order chi connectivity index (χ0) is 19.0. The quantitative estimate of drug-likeness (QED) is 0.231. The number of hydrogen-bond acceptors (Lipinski definition) is 4. The van der Waals surface area contributed by atoms with Crippen LogP contribution in [0.1, 0.15) is 70.5 Å². The molecule has 0 bridgehead atoms. The summed E-state index contributed by atoms with van der Waals surface area (Å²) < 4.78 is 5.61. The Morgan fingerprint density at radius 2 is 2.00 bits per heavy atom. The maximum Gasteiger partial charge on any atom is 0.191 e. The third-order valence-corrected chi connectivity index (χ3v) is 6.45. The van der Waals surface area contributed by atoms with Crippen LogP contribution in [0, 0.1) is 5.41 Å². The van der Waals surface area contributed by atoms with Gasteiger partial charge in [0, 0.05) is 37.6 Å². The molecule has 0 aliphatic heterocycles. The molecule has 27 heavy (non-hydrogen) atoms. The molecule has 1 fully saturated rings. The molecule has 1 heterocycles. The Kier molecular flexibility index (Phi) is 10.5. The van der Waals surface area contributed by atoms with Crippen molar-refractivity contribution in [3.05, 3.63) is 16.1 Å². The largest absolute Gasteiger partial charge is 0.382 e. The van der Waals surface area contributed by atoms with E-state index in [4.69, 9.17) is 9.72 Å². The molecule has 0 saturated heterocycles. The van der Waals surface area contributed by atoms with Gasteiger partial charge in [0.15, 0.2) is 5.96 Å². The normalized spacial score (nSPS) is 16.9. The van der Waals surface area contributed by atoms with Crippen LogP contribution < -0.4 is 10.6 Å². The maximum absolute atomic E-state index is 5.61. The maximum atomic E-state index is 5.61. The minimum atomic E-state index is 0. The standard InChI is InChI=1S/C20H36N4OS.HI/c1-6-25-12-11-20(9-7-8-10-20)15-23-18(21-5)22-13-16-14-26-17(24-16)19(2,3)4;/h14H,6-13,15H2,1-5H3,(H2,21,22,23);1H. The summed E-state index contributed by atoms with van der Waals surface area (Å²) in [7, 11) is 1.83. The van der Waals surface area contributed by atoms with Gasteiger partial charge in [-0.3, -0.25) is 4.99 Å². The van der Waals surface area contributed by atoms with Crippen LogP contribution in [0.4, 0.5) is 0 Å². The van der Waals surface area contributed by atoms with Gasteiger partial charge in [0.1, 0.15) is 0 Å². The minimum absolute atomic E-state index is 0. The van der Waals surface area contributed by atoms with E-state index in [1.807, 2.05) is 7.05 Å². The van der Waals surface area contributed by atoms with Gasteiger partial charge in [-0.05, 0) is 31.6 Å². The molecule has 0 unspecified atom stereocenters. The van der Waals surface area contributed by atoms with Crippen LogP contribution in [0.25, 0.3) is 0 Å². The molecule has 0 spiro atoms. The van der Waals surface area contributed by atoms with E-state index >= 15 is 0 Å². The van der Waals surface area contributed by atoms with Crippen LogP contribution in [0.5, 0.6) is 0 Å². The first kappa shape index (κ1) is 24.6. The summed E-state index contributed by atoms with van der Waals surface area (Å²) in [5.41, 5.74) is 1.54. The molecule has 0 amide bonds. The van der Waals surface area contributed by atoms with E-state index in [2.05, 4.69) is 48.7 Å². The van der Waals surface area contributed by atoms with Crippen molar-refractivity contribution >= 4 is 41.3 Å². The van der Waals surface area contributed by atoms with Crippen molar-refractivity contribution in [3.63, 3.8) is 0 Å². The number of thiazole rings is 1. The lowest BCUT2D eigenvalue weighted by Crippen LogP contribution is -2.43. The van der Waals surface area contributed by atoms with Gasteiger partial charge in [0.25, 0.3) is 0 Å². The average molecular weight is 509 g/mol. The first-order valence-corrected chi connectivity index (χ1v) is 10.7. The number of halogens is 1. The molecule has 5 nitrogen and oxygen atoms in total. The number of nitrogens with one attached hydrogen (secondary N) is 2. The molecule has 0 atom stereocenters. The molecule has 1 aliphatic rings. The van der Waals surface area contributed by atoms with Crippen LogP contribution in [0.15, 0.2) is 10.4 Å². The van der Waals surface area contributed by atoms with E-state index in [0.29, 0.717) is 12.0 Å². The van der Waals surface area contributed by atoms with Crippen LogP contribution in [-0.4, -0.2) is 37.7 Å². The molecule has 0 aromatic carbocycles. The fourth-order valence-electron chi connectivity index (χ4n) is 3.47. The summed E-state index contributed by atoms with van der Waals surface area (Å²) >= 11 is 1.73. The first-order chi connectivity index (χ1) is 12.4. The van der Waals surface area contributed by atoms with Crippen molar-refractivity contribution in [3.8, 4) is 0 Å². The second-order valence-electron chi connectivity index (χ2n) is 8.33. The summed E-state index contributed by atoms with van der Waals surface area (Å²) in [6.07, 6.45) is 6.35. The number of nitrogens with zero attached hydrogens (tertiary/aromatic N) is 2. The van der Waals surface area contributed by atoms with Crippen LogP contribution in [0.2, 0.25) is 0 Å². The highest BCUT2D eigenvalue weighted by Crippen LogP contribution is 2.40. The number of ether oxygens (including phenoxy) is 1. The van der Waals surface area contributed by atoms with Gasteiger partial charge < -0.3 is 15.4 Å². The summed E-state index contributed by atoms with van der Waals surface area (Å²) in [5, 5.41) is 10.3. The second-order valence-corrected chi connectivity index (χ2v) is 9.19. The minimum Gasteiger partial charge on any atom is -0.382 e. The summed E-state index contributed by atoms with van der Waals surface area (Å²) in [6, 6.07) is 0. The van der Waals surface area contributed by atoms with Gasteiger partial charge in [0.2, 0.25) is 0 Å². The van der Waals surface area contributed by atoms with E-state index in [9.17, 15) is 0 Å². The Bertz CT molecular complexity index is 577. The molecule has 2 N–H and O–H groups in total. The van der Waals surface area contributed by atoms with E-state index in [-0.39, 0.29) is 29.4 Å². The highest BCUT2D eigenvalue weighted by molar-refractivity contribution is 14.0. The lowest BCUT2D eigenvalue weighted by atomic mass is 9.83. The summed E-state index contributed by atoms with van der Waals surface area (Å²) in [5.74, 6) is 0.859. The summed E-state index contributed by atoms with van der Waals surface area (Å²) in [4.78, 5) is 9.13. The Morgan fingerprint density at radius 1 is 1.30 bits per heavy atom. The predicted octanol–water partition coefficient (Wildman–Crippen LogP) is 4.71. The van der Waals surface area contributed by atoms with Gasteiger partial charge in [-0.2, -0.15) is 0 Å². The lowest BCUT2D eigenvalue weighted by molar-refractivity contribution is 0.105. The monoisotopic (exact) mass is 508 g/mol. The van der Waals surface area contributed by atoms with Gasteiger partial charge in [-0.25, -0.2) is 4.98 Å². The molecule has 1 aromatic heterocycles. The molecule has 1 aliphatic carbocycles. The average Bonchev–Trinajstić information content (AvgIpc) is 3.25. The second kappa shape index (κ2) is 11.6. The zero-order valence-electron chi connectivity index (χ0n) is 17.6. The highest BCUT2D eigenvalue weighted by Gasteiger charge is 2.33. The third-order valence-electron chi connectivity index (χ3n) is 5.13. The SMILES string of the molecule is CCOCCC1(CNC(=NC)NCc2csc(C(C)(C)C)n2)CCCC1.I. The number of rotatable bonds is 8. The molecule has 7 heteroatoms. The fraction of sp³-hybridized carbons (Fsp3) is 0.800. The molecule has 1 aromatic rings. The Labute approximate surface area is 186 Å². The Balaban J connectivity index is 0.00000364. The van der Waals surface area contributed by atoms with Gasteiger partial charge in [-0.1, -0.05) is 33.6 Å². The Hall–Kier alpha value is -0.410. The topological polar surface area (TPSA) is 58.5 Å². The number of guanidine groups is 1.